The highest BCUT2D eigenvalue weighted by atomic mass is 19.1. The molecule has 0 aromatic heterocycles. The second-order valence-electron chi connectivity index (χ2n) is 9.83. The van der Waals surface area contributed by atoms with Crippen LogP contribution in [0.2, 0.25) is 0 Å². The summed E-state index contributed by atoms with van der Waals surface area (Å²) in [6.45, 7) is 6.76. The zero-order valence-corrected chi connectivity index (χ0v) is 20.1. The summed E-state index contributed by atoms with van der Waals surface area (Å²) in [6, 6.07) is 9.94. The van der Waals surface area contributed by atoms with Gasteiger partial charge in [-0.1, -0.05) is 12.1 Å². The average Bonchev–Trinajstić information content (AvgIpc) is 3.25. The molecule has 9 heteroatoms. The Kier molecular flexibility index (Phi) is 7.05. The molecule has 2 aliphatic heterocycles. The van der Waals surface area contributed by atoms with Gasteiger partial charge in [0.25, 0.3) is 0 Å². The Morgan fingerprint density at radius 3 is 2.66 bits per heavy atom. The standard InChI is InChI=1S/C26H30FNO7/c1-26(2,3)35-25(31)28-9-8-20(16-4-6-21(27)17(10-16)11-24(29)30)18(13-28)14-32-19-5-7-22-23(12-19)34-15-33-22/h4-7,10,12,18,20H,8-9,11,13-15H2,1-3H3,(H,29,30)/t18-,20-/m0/s1. The molecule has 188 valence electrons. The van der Waals surface area contributed by atoms with E-state index in [0.717, 1.165) is 5.56 Å². The fraction of sp³-hybridized carbons (Fsp3) is 0.462. The number of carboxylic acids is 1. The van der Waals surface area contributed by atoms with Gasteiger partial charge in [-0.2, -0.15) is 0 Å². The largest absolute Gasteiger partial charge is 0.493 e. The van der Waals surface area contributed by atoms with E-state index in [4.69, 9.17) is 24.1 Å². The minimum Gasteiger partial charge on any atom is -0.493 e. The van der Waals surface area contributed by atoms with E-state index in [-0.39, 0.29) is 30.8 Å². The van der Waals surface area contributed by atoms with Crippen LogP contribution in [-0.4, -0.2) is 54.2 Å². The number of ether oxygens (including phenoxy) is 4. The quantitative estimate of drug-likeness (QED) is 0.636. The summed E-state index contributed by atoms with van der Waals surface area (Å²) in [6.07, 6.45) is -0.184. The Balaban J connectivity index is 1.55. The summed E-state index contributed by atoms with van der Waals surface area (Å²) in [5.74, 6) is 0.0314. The van der Waals surface area contributed by atoms with Crippen LogP contribution in [0.25, 0.3) is 0 Å². The summed E-state index contributed by atoms with van der Waals surface area (Å²) in [5.41, 5.74) is 0.348. The van der Waals surface area contributed by atoms with E-state index in [0.29, 0.717) is 36.8 Å². The molecule has 1 amide bonds. The first-order valence-electron chi connectivity index (χ1n) is 11.6. The third kappa shape index (κ3) is 6.15. The van der Waals surface area contributed by atoms with Crippen molar-refractivity contribution in [3.63, 3.8) is 0 Å². The number of carbonyl (C=O) groups excluding carboxylic acids is 1. The fourth-order valence-corrected chi connectivity index (χ4v) is 4.43. The molecule has 2 aromatic rings. The van der Waals surface area contributed by atoms with Crippen LogP contribution < -0.4 is 14.2 Å². The van der Waals surface area contributed by atoms with Crippen molar-refractivity contribution in [1.29, 1.82) is 0 Å². The first kappa shape index (κ1) is 24.6. The van der Waals surface area contributed by atoms with Gasteiger partial charge in [-0.25, -0.2) is 9.18 Å². The lowest BCUT2D eigenvalue weighted by molar-refractivity contribution is -0.136. The summed E-state index contributed by atoms with van der Waals surface area (Å²) < 4.78 is 36.6. The third-order valence-corrected chi connectivity index (χ3v) is 6.03. The van der Waals surface area contributed by atoms with Crippen LogP contribution in [0.5, 0.6) is 17.2 Å². The van der Waals surface area contributed by atoms with Gasteiger partial charge in [-0.15, -0.1) is 0 Å². The highest BCUT2D eigenvalue weighted by Gasteiger charge is 2.35. The van der Waals surface area contributed by atoms with E-state index in [1.165, 1.54) is 6.07 Å². The van der Waals surface area contributed by atoms with Crippen molar-refractivity contribution in [3.05, 3.63) is 53.3 Å². The lowest BCUT2D eigenvalue weighted by Crippen LogP contribution is -2.46. The molecule has 2 aromatic carbocycles. The number of fused-ring (bicyclic) bond motifs is 1. The number of carboxylic acid groups (broad SMARTS) is 1. The SMILES string of the molecule is CC(C)(C)OC(=O)N1CC[C@@H](c2ccc(F)c(CC(=O)O)c2)[C@H](COc2ccc3c(c2)OCO3)C1. The van der Waals surface area contributed by atoms with Gasteiger partial charge in [-0.05, 0) is 62.4 Å². The number of carbonyl (C=O) groups is 2. The number of benzene rings is 2. The minimum atomic E-state index is -1.09. The summed E-state index contributed by atoms with van der Waals surface area (Å²) >= 11 is 0. The van der Waals surface area contributed by atoms with E-state index in [2.05, 4.69) is 0 Å². The van der Waals surface area contributed by atoms with Crippen molar-refractivity contribution in [2.75, 3.05) is 26.5 Å². The van der Waals surface area contributed by atoms with Gasteiger partial charge in [0.1, 0.15) is 17.2 Å². The maximum absolute atomic E-state index is 14.2. The van der Waals surface area contributed by atoms with Crippen LogP contribution in [-0.2, 0) is 16.0 Å². The highest BCUT2D eigenvalue weighted by molar-refractivity contribution is 5.70. The van der Waals surface area contributed by atoms with Gasteiger partial charge < -0.3 is 29.0 Å². The lowest BCUT2D eigenvalue weighted by Gasteiger charge is -2.39. The monoisotopic (exact) mass is 487 g/mol. The van der Waals surface area contributed by atoms with Crippen molar-refractivity contribution in [2.24, 2.45) is 5.92 Å². The lowest BCUT2D eigenvalue weighted by atomic mass is 9.80. The molecular formula is C26H30FNO7. The number of piperidine rings is 1. The van der Waals surface area contributed by atoms with E-state index in [1.54, 1.807) is 35.2 Å². The smallest absolute Gasteiger partial charge is 0.410 e. The first-order valence-corrected chi connectivity index (χ1v) is 11.6. The van der Waals surface area contributed by atoms with E-state index < -0.39 is 29.9 Å². The molecule has 2 heterocycles. The number of hydrogen-bond acceptors (Lipinski definition) is 6. The molecule has 0 saturated carbocycles. The third-order valence-electron chi connectivity index (χ3n) is 6.03. The number of hydrogen-bond donors (Lipinski definition) is 1. The number of rotatable bonds is 6. The van der Waals surface area contributed by atoms with Crippen LogP contribution in [0.15, 0.2) is 36.4 Å². The summed E-state index contributed by atoms with van der Waals surface area (Å²) in [5, 5.41) is 9.15. The summed E-state index contributed by atoms with van der Waals surface area (Å²) in [4.78, 5) is 25.6. The molecule has 4 rings (SSSR count). The molecule has 0 bridgehead atoms. The fourth-order valence-electron chi connectivity index (χ4n) is 4.43. The first-order chi connectivity index (χ1) is 16.6. The van der Waals surface area contributed by atoms with Crippen LogP contribution in [0.1, 0.15) is 44.2 Å². The van der Waals surface area contributed by atoms with Crippen molar-refractivity contribution >= 4 is 12.1 Å². The van der Waals surface area contributed by atoms with Gasteiger partial charge in [0.2, 0.25) is 6.79 Å². The van der Waals surface area contributed by atoms with Gasteiger partial charge in [-0.3, -0.25) is 4.79 Å². The van der Waals surface area contributed by atoms with Crippen LogP contribution in [0.4, 0.5) is 9.18 Å². The average molecular weight is 488 g/mol. The molecule has 2 aliphatic rings. The molecule has 0 aliphatic carbocycles. The van der Waals surface area contributed by atoms with Gasteiger partial charge in [0.15, 0.2) is 11.5 Å². The normalized spacial score (nSPS) is 19.4. The van der Waals surface area contributed by atoms with Crippen LogP contribution in [0.3, 0.4) is 0 Å². The van der Waals surface area contributed by atoms with Crippen molar-refractivity contribution in [2.45, 2.75) is 45.1 Å². The second-order valence-corrected chi connectivity index (χ2v) is 9.83. The predicted octanol–water partition coefficient (Wildman–Crippen LogP) is 4.60. The van der Waals surface area contributed by atoms with Gasteiger partial charge in [0, 0.05) is 25.1 Å². The van der Waals surface area contributed by atoms with Crippen LogP contribution in [0, 0.1) is 11.7 Å². The number of aliphatic carboxylic acids is 1. The highest BCUT2D eigenvalue weighted by Crippen LogP contribution is 2.37. The van der Waals surface area contributed by atoms with E-state index in [9.17, 15) is 14.0 Å². The minimum absolute atomic E-state index is 0.0594. The number of amides is 1. The maximum atomic E-state index is 14.2. The topological polar surface area (TPSA) is 94.5 Å². The van der Waals surface area contributed by atoms with E-state index in [1.807, 2.05) is 20.8 Å². The summed E-state index contributed by atoms with van der Waals surface area (Å²) in [7, 11) is 0. The number of halogens is 1. The molecule has 2 atom stereocenters. The Morgan fingerprint density at radius 2 is 1.91 bits per heavy atom. The molecule has 0 radical (unpaired) electrons. The van der Waals surface area contributed by atoms with Gasteiger partial charge in [0.05, 0.1) is 13.0 Å². The molecule has 0 spiro atoms. The Hall–Kier alpha value is -3.49. The maximum Gasteiger partial charge on any atom is 0.410 e. The number of likely N-dealkylation sites (tertiary alicyclic amines) is 1. The van der Waals surface area contributed by atoms with Crippen molar-refractivity contribution in [3.8, 4) is 17.2 Å². The van der Waals surface area contributed by atoms with Crippen LogP contribution >= 0.6 is 0 Å². The zero-order valence-electron chi connectivity index (χ0n) is 20.1. The Labute approximate surface area is 203 Å². The zero-order chi connectivity index (χ0) is 25.2. The molecule has 1 saturated heterocycles. The molecule has 8 nitrogen and oxygen atoms in total. The number of nitrogens with zero attached hydrogens (tertiary/aromatic N) is 1. The van der Waals surface area contributed by atoms with Crippen molar-refractivity contribution in [1.82, 2.24) is 4.90 Å². The Morgan fingerprint density at radius 1 is 1.14 bits per heavy atom. The Bertz CT molecular complexity index is 1100. The molecule has 0 unspecified atom stereocenters. The predicted molar refractivity (Wildman–Crippen MR) is 124 cm³/mol. The molecule has 1 fully saturated rings. The molecular weight excluding hydrogens is 457 g/mol. The van der Waals surface area contributed by atoms with Gasteiger partial charge >= 0.3 is 12.1 Å². The van der Waals surface area contributed by atoms with E-state index >= 15 is 0 Å². The van der Waals surface area contributed by atoms with Crippen molar-refractivity contribution < 1.29 is 38.0 Å². The molecule has 35 heavy (non-hydrogen) atoms. The molecule has 1 N–H and O–H groups in total. The second kappa shape index (κ2) is 10.0.